The van der Waals surface area contributed by atoms with Gasteiger partial charge in [-0.1, -0.05) is 0 Å². The molecule has 0 atom stereocenters. The first-order valence-corrected chi connectivity index (χ1v) is 6.41. The molecule has 0 fully saturated rings. The Hall–Kier alpha value is -3.55. The van der Waals surface area contributed by atoms with Crippen LogP contribution in [0.2, 0.25) is 0 Å². The highest BCUT2D eigenvalue weighted by Crippen LogP contribution is 2.31. The number of amides is 1. The molecule has 0 aliphatic rings. The summed E-state index contributed by atoms with van der Waals surface area (Å²) < 4.78 is 5.49. The lowest BCUT2D eigenvalue weighted by Gasteiger charge is -2.09. The van der Waals surface area contributed by atoms with E-state index in [-0.39, 0.29) is 39.6 Å². The molecule has 0 aliphatic heterocycles. The summed E-state index contributed by atoms with van der Waals surface area (Å²) in [5.41, 5.74) is -0.301. The minimum atomic E-state index is -1.35. The Bertz CT molecular complexity index is 979. The molecule has 2 aromatic carbocycles. The average Bonchev–Trinajstić information content (AvgIpc) is 2.46. The number of benzene rings is 2. The molecule has 0 bridgehead atoms. The first-order valence-electron chi connectivity index (χ1n) is 6.41. The summed E-state index contributed by atoms with van der Waals surface area (Å²) in [6, 6.07) is 7.79. The fourth-order valence-corrected chi connectivity index (χ4v) is 2.10. The topological polar surface area (TPSA) is 133 Å². The Kier molecular flexibility index (Phi) is 3.34. The predicted octanol–water partition coefficient (Wildman–Crippen LogP) is 2.36. The van der Waals surface area contributed by atoms with Crippen LogP contribution in [0, 0.1) is 0 Å². The van der Waals surface area contributed by atoms with Gasteiger partial charge in [-0.3, -0.25) is 10.1 Å². The summed E-state index contributed by atoms with van der Waals surface area (Å²) >= 11 is 0. The highest BCUT2D eigenvalue weighted by Gasteiger charge is 2.15. The molecule has 1 aromatic heterocycles. The van der Waals surface area contributed by atoms with Crippen LogP contribution in [-0.4, -0.2) is 26.4 Å². The maximum Gasteiger partial charge on any atom is 0.409 e. The Morgan fingerprint density at radius 2 is 1.78 bits per heavy atom. The van der Waals surface area contributed by atoms with Crippen LogP contribution in [0.25, 0.3) is 22.4 Å². The lowest BCUT2D eigenvalue weighted by Crippen LogP contribution is -2.10. The zero-order valence-corrected chi connectivity index (χ0v) is 11.5. The second-order valence-corrected chi connectivity index (χ2v) is 4.66. The number of aromatic nitrogens is 1. The van der Waals surface area contributed by atoms with E-state index in [2.05, 4.69) is 10.3 Å². The van der Waals surface area contributed by atoms with Gasteiger partial charge in [0.05, 0.1) is 16.6 Å². The molecule has 3 rings (SSSR count). The van der Waals surface area contributed by atoms with Crippen molar-refractivity contribution in [2.75, 3.05) is 5.32 Å². The van der Waals surface area contributed by atoms with E-state index in [4.69, 9.17) is 9.52 Å². The number of rotatable bonds is 2. The van der Waals surface area contributed by atoms with Crippen LogP contribution in [0.1, 0.15) is 0 Å². The van der Waals surface area contributed by atoms with Crippen LogP contribution in [0.15, 0.2) is 45.6 Å². The van der Waals surface area contributed by atoms with Gasteiger partial charge in [-0.05, 0) is 24.3 Å². The van der Waals surface area contributed by atoms with E-state index in [1.807, 2.05) is 0 Å². The summed E-state index contributed by atoms with van der Waals surface area (Å²) in [6.07, 6.45) is -1.35. The Balaban J connectivity index is 2.24. The number of phenolic OH excluding ortho intramolecular Hbond substituents is 2. The number of nitrogens with zero attached hydrogens (tertiary/aromatic N) is 1. The minimum Gasteiger partial charge on any atom is -0.508 e. The van der Waals surface area contributed by atoms with E-state index >= 15 is 0 Å². The van der Waals surface area contributed by atoms with E-state index in [9.17, 15) is 19.8 Å². The van der Waals surface area contributed by atoms with Gasteiger partial charge in [-0.2, -0.15) is 4.98 Å². The van der Waals surface area contributed by atoms with E-state index < -0.39 is 11.7 Å². The van der Waals surface area contributed by atoms with Crippen molar-refractivity contribution >= 4 is 22.7 Å². The van der Waals surface area contributed by atoms with Crippen molar-refractivity contribution in [1.82, 2.24) is 4.98 Å². The van der Waals surface area contributed by atoms with Crippen LogP contribution < -0.4 is 10.9 Å². The lowest BCUT2D eigenvalue weighted by atomic mass is 10.1. The summed E-state index contributed by atoms with van der Waals surface area (Å²) in [5, 5.41) is 30.1. The molecular formula is C15H10N2O6. The number of aromatic hydroxyl groups is 2. The summed E-state index contributed by atoms with van der Waals surface area (Å²) in [4.78, 5) is 26.7. The van der Waals surface area contributed by atoms with E-state index in [1.165, 1.54) is 30.3 Å². The van der Waals surface area contributed by atoms with Crippen LogP contribution in [-0.2, 0) is 0 Å². The first kappa shape index (κ1) is 14.4. The van der Waals surface area contributed by atoms with Crippen molar-refractivity contribution in [2.45, 2.75) is 0 Å². The molecule has 0 saturated heterocycles. The van der Waals surface area contributed by atoms with Crippen molar-refractivity contribution in [2.24, 2.45) is 0 Å². The fourth-order valence-electron chi connectivity index (χ4n) is 2.10. The molecule has 3 aromatic rings. The Morgan fingerprint density at radius 1 is 1.09 bits per heavy atom. The van der Waals surface area contributed by atoms with Crippen molar-refractivity contribution in [3.05, 3.63) is 46.8 Å². The molecule has 0 unspecified atom stereocenters. The maximum absolute atomic E-state index is 12.0. The molecule has 1 amide bonds. The number of carboxylic acid groups (broad SMARTS) is 1. The van der Waals surface area contributed by atoms with Gasteiger partial charge in [0.2, 0.25) is 5.89 Å². The molecular weight excluding hydrogens is 304 g/mol. The second kappa shape index (κ2) is 5.34. The number of hydrogen-bond donors (Lipinski definition) is 4. The minimum absolute atomic E-state index is 0.00709. The van der Waals surface area contributed by atoms with Crippen LogP contribution >= 0.6 is 0 Å². The maximum atomic E-state index is 12.0. The number of anilines is 1. The van der Waals surface area contributed by atoms with Gasteiger partial charge >= 0.3 is 6.09 Å². The van der Waals surface area contributed by atoms with E-state index in [0.717, 1.165) is 6.07 Å². The number of nitrogens with one attached hydrogen (secondary N) is 1. The fraction of sp³-hybridized carbons (Fsp3) is 0. The third-order valence-electron chi connectivity index (χ3n) is 3.08. The first-order chi connectivity index (χ1) is 10.9. The highest BCUT2D eigenvalue weighted by atomic mass is 16.4. The molecule has 8 nitrogen and oxygen atoms in total. The second-order valence-electron chi connectivity index (χ2n) is 4.66. The molecule has 4 N–H and O–H groups in total. The molecule has 0 saturated carbocycles. The lowest BCUT2D eigenvalue weighted by molar-refractivity contribution is 0.210. The van der Waals surface area contributed by atoms with Gasteiger partial charge in [0.15, 0.2) is 0 Å². The molecule has 1 heterocycles. The SMILES string of the molecule is O=C(O)Nc1cc(O)ccc1-c1nc(=O)c2ccc(O)cc2o1. The van der Waals surface area contributed by atoms with Crippen molar-refractivity contribution in [3.8, 4) is 23.0 Å². The average molecular weight is 314 g/mol. The molecule has 0 spiro atoms. The van der Waals surface area contributed by atoms with Crippen LogP contribution in [0.4, 0.5) is 10.5 Å². The number of hydrogen-bond acceptors (Lipinski definition) is 6. The summed E-state index contributed by atoms with van der Waals surface area (Å²) in [6.45, 7) is 0. The monoisotopic (exact) mass is 314 g/mol. The standard InChI is InChI=1S/C15H10N2O6/c18-7-1-3-9(11(5-7)16-15(21)22)14-17-13(20)10-4-2-8(19)6-12(10)23-14/h1-6,16,18-19H,(H,21,22). The molecule has 116 valence electrons. The van der Waals surface area contributed by atoms with Crippen molar-refractivity contribution < 1.29 is 24.5 Å². The zero-order valence-electron chi connectivity index (χ0n) is 11.5. The Morgan fingerprint density at radius 3 is 2.52 bits per heavy atom. The van der Waals surface area contributed by atoms with Crippen LogP contribution in [0.3, 0.4) is 0 Å². The molecule has 23 heavy (non-hydrogen) atoms. The van der Waals surface area contributed by atoms with Gasteiger partial charge in [0, 0.05) is 12.1 Å². The normalized spacial score (nSPS) is 10.6. The highest BCUT2D eigenvalue weighted by molar-refractivity contribution is 5.90. The third kappa shape index (κ3) is 2.77. The molecule has 0 aliphatic carbocycles. The Labute approximate surface area is 128 Å². The van der Waals surface area contributed by atoms with Crippen molar-refractivity contribution in [3.63, 3.8) is 0 Å². The number of carbonyl (C=O) groups is 1. The third-order valence-corrected chi connectivity index (χ3v) is 3.08. The van der Waals surface area contributed by atoms with Gasteiger partial charge < -0.3 is 19.7 Å². The summed E-state index contributed by atoms with van der Waals surface area (Å²) in [5.74, 6) is -0.400. The summed E-state index contributed by atoms with van der Waals surface area (Å²) in [7, 11) is 0. The molecule has 0 radical (unpaired) electrons. The van der Waals surface area contributed by atoms with Crippen LogP contribution in [0.5, 0.6) is 11.5 Å². The van der Waals surface area contributed by atoms with E-state index in [1.54, 1.807) is 0 Å². The number of fused-ring (bicyclic) bond motifs is 1. The quantitative estimate of drug-likeness (QED) is 0.570. The van der Waals surface area contributed by atoms with Gasteiger partial charge in [0.1, 0.15) is 17.1 Å². The van der Waals surface area contributed by atoms with Crippen molar-refractivity contribution in [1.29, 1.82) is 0 Å². The smallest absolute Gasteiger partial charge is 0.409 e. The van der Waals surface area contributed by atoms with Gasteiger partial charge in [-0.25, -0.2) is 4.79 Å². The largest absolute Gasteiger partial charge is 0.508 e. The van der Waals surface area contributed by atoms with Gasteiger partial charge in [-0.15, -0.1) is 0 Å². The van der Waals surface area contributed by atoms with E-state index in [0.29, 0.717) is 0 Å². The molecule has 8 heteroatoms. The number of phenols is 2. The zero-order chi connectivity index (χ0) is 16.6. The van der Waals surface area contributed by atoms with Gasteiger partial charge in [0.25, 0.3) is 5.56 Å². The predicted molar refractivity (Wildman–Crippen MR) is 80.7 cm³/mol.